The highest BCUT2D eigenvalue weighted by molar-refractivity contribution is 7.80. The van der Waals surface area contributed by atoms with Crippen LogP contribution in [0.1, 0.15) is 25.3 Å². The average molecular weight is 607 g/mol. The summed E-state index contributed by atoms with van der Waals surface area (Å²) in [7, 11) is 1.61. The van der Waals surface area contributed by atoms with Crippen LogP contribution in [0.5, 0.6) is 17.2 Å². The molecule has 3 heterocycles. The van der Waals surface area contributed by atoms with E-state index in [4.69, 9.17) is 31.4 Å². The number of fused-ring (bicyclic) bond motifs is 4. The van der Waals surface area contributed by atoms with Gasteiger partial charge in [0, 0.05) is 35.9 Å². The van der Waals surface area contributed by atoms with Crippen molar-refractivity contribution in [3.8, 4) is 29.4 Å². The van der Waals surface area contributed by atoms with Gasteiger partial charge in [-0.05, 0) is 68.4 Å². The maximum atomic E-state index is 11.2. The van der Waals surface area contributed by atoms with E-state index < -0.39 is 16.7 Å². The maximum absolute atomic E-state index is 11.2. The van der Waals surface area contributed by atoms with Gasteiger partial charge in [-0.15, -0.1) is 0 Å². The van der Waals surface area contributed by atoms with E-state index in [2.05, 4.69) is 21.9 Å². The number of aliphatic imine (C=N–C) groups is 1. The number of amidine groups is 1. The summed E-state index contributed by atoms with van der Waals surface area (Å²) < 4.78 is 17.1. The first-order valence-electron chi connectivity index (χ1n) is 14.7. The number of rotatable bonds is 8. The number of nitriles is 2. The first kappa shape index (κ1) is 29.3. The number of anilines is 2. The molecule has 0 unspecified atom stereocenters. The molecule has 0 N–H and O–H groups in total. The van der Waals surface area contributed by atoms with Gasteiger partial charge >= 0.3 is 0 Å². The van der Waals surface area contributed by atoms with Gasteiger partial charge in [0.15, 0.2) is 0 Å². The molecule has 44 heavy (non-hydrogen) atoms. The number of ether oxygens (including phenoxy) is 3. The summed E-state index contributed by atoms with van der Waals surface area (Å²) in [5.41, 5.74) is 0.174. The van der Waals surface area contributed by atoms with Crippen molar-refractivity contribution in [2.24, 2.45) is 15.8 Å². The number of methoxy groups -OCH3 is 1. The van der Waals surface area contributed by atoms with Gasteiger partial charge in [0.2, 0.25) is 0 Å². The minimum atomic E-state index is -1.24. The van der Waals surface area contributed by atoms with Crippen LogP contribution in [-0.2, 0) is 0 Å². The third-order valence-corrected chi connectivity index (χ3v) is 9.31. The van der Waals surface area contributed by atoms with E-state index in [0.717, 1.165) is 28.4 Å². The predicted octanol–water partition coefficient (Wildman–Crippen LogP) is 5.59. The highest BCUT2D eigenvalue weighted by Gasteiger charge is 2.68. The van der Waals surface area contributed by atoms with E-state index in [0.29, 0.717) is 56.2 Å². The number of para-hydroxylation sites is 1. The number of piperidine rings is 2. The Morgan fingerprint density at radius 1 is 0.841 bits per heavy atom. The van der Waals surface area contributed by atoms with Crippen LogP contribution in [0.4, 0.5) is 11.4 Å². The molecule has 10 heteroatoms. The Kier molecular flexibility index (Phi) is 7.79. The fourth-order valence-corrected chi connectivity index (χ4v) is 7.25. The molecule has 6 rings (SSSR count). The van der Waals surface area contributed by atoms with Gasteiger partial charge in [0.05, 0.1) is 39.1 Å². The van der Waals surface area contributed by atoms with Crippen LogP contribution in [0.25, 0.3) is 0 Å². The van der Waals surface area contributed by atoms with Gasteiger partial charge in [-0.3, -0.25) is 0 Å². The first-order valence-corrected chi connectivity index (χ1v) is 15.1. The molecule has 3 atom stereocenters. The molecule has 3 aliphatic heterocycles. The molecule has 2 saturated heterocycles. The summed E-state index contributed by atoms with van der Waals surface area (Å²) in [6.07, 6.45) is 0. The van der Waals surface area contributed by atoms with Gasteiger partial charge < -0.3 is 28.9 Å². The van der Waals surface area contributed by atoms with Crippen LogP contribution in [0.15, 0.2) is 77.8 Å². The molecular weight excluding hydrogens is 572 g/mol. The second-order valence-corrected chi connectivity index (χ2v) is 11.5. The molecule has 0 aliphatic carbocycles. The Morgan fingerprint density at radius 3 is 1.98 bits per heavy atom. The SMILES string of the molecule is CCOc1ccc(N2CN=C3N(C2)C(=S)[C@@]2(C#N)CN(c4ccc(OCC)cc4)C[C@@]3(C#N)[C@@H]2c2ccccc2OC)cc1. The number of nitrogens with zero attached hydrogens (tertiary/aromatic N) is 6. The molecule has 3 aliphatic rings. The Labute approximate surface area is 263 Å². The quantitative estimate of drug-likeness (QED) is 0.304. The molecule has 0 spiro atoms. The van der Waals surface area contributed by atoms with Gasteiger partial charge in [0.1, 0.15) is 45.6 Å². The van der Waals surface area contributed by atoms with E-state index in [1.54, 1.807) is 7.11 Å². The Morgan fingerprint density at radius 2 is 1.41 bits per heavy atom. The Balaban J connectivity index is 1.49. The fraction of sp³-hybridized carbons (Fsp3) is 0.353. The summed E-state index contributed by atoms with van der Waals surface area (Å²) in [6, 6.07) is 28.6. The second-order valence-electron chi connectivity index (χ2n) is 11.1. The van der Waals surface area contributed by atoms with Gasteiger partial charge in [-0.1, -0.05) is 30.4 Å². The van der Waals surface area contributed by atoms with E-state index in [1.807, 2.05) is 91.5 Å². The van der Waals surface area contributed by atoms with Crippen molar-refractivity contribution in [2.75, 3.05) is 56.6 Å². The molecule has 0 aromatic heterocycles. The van der Waals surface area contributed by atoms with Crippen molar-refractivity contribution >= 4 is 34.4 Å². The number of hydrogen-bond acceptors (Lipinski definition) is 9. The van der Waals surface area contributed by atoms with Crippen molar-refractivity contribution in [2.45, 2.75) is 19.8 Å². The molecule has 0 saturated carbocycles. The number of benzene rings is 3. The summed E-state index contributed by atoms with van der Waals surface area (Å²) in [4.78, 5) is 11.6. The molecule has 2 bridgehead atoms. The molecule has 224 valence electrons. The van der Waals surface area contributed by atoms with Gasteiger partial charge in [-0.2, -0.15) is 10.5 Å². The van der Waals surface area contributed by atoms with E-state index in [1.165, 1.54) is 0 Å². The van der Waals surface area contributed by atoms with E-state index in [-0.39, 0.29) is 0 Å². The average Bonchev–Trinajstić information content (AvgIpc) is 3.07. The lowest BCUT2D eigenvalue weighted by molar-refractivity contribution is 0.202. The maximum Gasteiger partial charge on any atom is 0.141 e. The molecule has 3 aromatic rings. The number of hydrogen-bond donors (Lipinski definition) is 0. The van der Waals surface area contributed by atoms with Crippen molar-refractivity contribution in [1.29, 1.82) is 10.5 Å². The third-order valence-electron chi connectivity index (χ3n) is 8.73. The lowest BCUT2D eigenvalue weighted by Crippen LogP contribution is -2.73. The highest BCUT2D eigenvalue weighted by atomic mass is 32.1. The van der Waals surface area contributed by atoms with E-state index in [9.17, 15) is 10.5 Å². The van der Waals surface area contributed by atoms with Crippen LogP contribution in [0.2, 0.25) is 0 Å². The first-order chi connectivity index (χ1) is 21.4. The standard InChI is InChI=1S/C34H34N6O3S/c1-4-42-26-14-10-24(11-15-26)38-20-33(18-35)30(28-8-6-7-9-29(28)41-3)34(19-36,21-38)32(44)40-23-39(22-37-31(33)40)25-12-16-27(17-13-25)43-5-2/h6-17,30H,4-5,20-23H2,1-3H3/t30-,33-,34-/m0/s1. The monoisotopic (exact) mass is 606 g/mol. The minimum Gasteiger partial charge on any atom is -0.496 e. The molecule has 0 amide bonds. The molecule has 0 radical (unpaired) electrons. The zero-order chi connectivity index (χ0) is 30.9. The van der Waals surface area contributed by atoms with Crippen molar-refractivity contribution < 1.29 is 14.2 Å². The molecule has 3 aromatic carbocycles. The van der Waals surface area contributed by atoms with Crippen molar-refractivity contribution in [3.63, 3.8) is 0 Å². The third kappa shape index (κ3) is 4.58. The lowest BCUT2D eigenvalue weighted by Gasteiger charge is -2.61. The minimum absolute atomic E-state index is 0.301. The van der Waals surface area contributed by atoms with Crippen LogP contribution in [-0.4, -0.2) is 62.5 Å². The lowest BCUT2D eigenvalue weighted by atomic mass is 9.53. The van der Waals surface area contributed by atoms with Gasteiger partial charge in [-0.25, -0.2) is 4.99 Å². The summed E-state index contributed by atoms with van der Waals surface area (Å²) in [5.74, 6) is 2.17. The summed E-state index contributed by atoms with van der Waals surface area (Å²) >= 11 is 6.27. The second kappa shape index (κ2) is 11.7. The largest absolute Gasteiger partial charge is 0.496 e. The summed E-state index contributed by atoms with van der Waals surface area (Å²) in [5, 5.41) is 22.4. The van der Waals surface area contributed by atoms with Crippen molar-refractivity contribution in [1.82, 2.24) is 4.90 Å². The van der Waals surface area contributed by atoms with Crippen molar-refractivity contribution in [3.05, 3.63) is 78.4 Å². The zero-order valence-corrected chi connectivity index (χ0v) is 25.9. The van der Waals surface area contributed by atoms with Crippen LogP contribution in [0.3, 0.4) is 0 Å². The Hall–Kier alpha value is -4.80. The highest BCUT2D eigenvalue weighted by Crippen LogP contribution is 2.60. The smallest absolute Gasteiger partial charge is 0.141 e. The normalized spacial score (nSPS) is 24.0. The van der Waals surface area contributed by atoms with Crippen LogP contribution in [0, 0.1) is 33.5 Å². The van der Waals surface area contributed by atoms with Gasteiger partial charge in [0.25, 0.3) is 0 Å². The summed E-state index contributed by atoms with van der Waals surface area (Å²) in [6.45, 7) is 6.39. The molecule has 9 nitrogen and oxygen atoms in total. The Bertz CT molecular complexity index is 1660. The topological polar surface area (TPSA) is 97.4 Å². The van der Waals surface area contributed by atoms with Crippen LogP contribution >= 0.6 is 12.2 Å². The van der Waals surface area contributed by atoms with Crippen LogP contribution < -0.4 is 24.0 Å². The molecular formula is C34H34N6O3S. The predicted molar refractivity (Wildman–Crippen MR) is 173 cm³/mol. The number of thiocarbonyl (C=S) groups is 1. The zero-order valence-electron chi connectivity index (χ0n) is 25.1. The van der Waals surface area contributed by atoms with E-state index >= 15 is 0 Å². The molecule has 2 fully saturated rings. The fourth-order valence-electron chi connectivity index (χ4n) is 6.87.